The predicted octanol–water partition coefficient (Wildman–Crippen LogP) is 6.37. The monoisotopic (exact) mass is 907 g/mol. The number of ether oxygens (including phenoxy) is 3. The molecule has 0 fully saturated rings. The van der Waals surface area contributed by atoms with Crippen molar-refractivity contribution >= 4 is 70.0 Å². The average Bonchev–Trinajstić information content (AvgIpc) is 3.84. The lowest BCUT2D eigenvalue weighted by molar-refractivity contribution is -0.145. The zero-order valence-corrected chi connectivity index (χ0v) is 36.6. The van der Waals surface area contributed by atoms with Crippen molar-refractivity contribution in [2.45, 2.75) is 54.9 Å². The van der Waals surface area contributed by atoms with Gasteiger partial charge in [-0.15, -0.1) is 0 Å². The number of esters is 3. The first-order valence-corrected chi connectivity index (χ1v) is 20.0. The van der Waals surface area contributed by atoms with Gasteiger partial charge in [0.2, 0.25) is 28.9 Å². The van der Waals surface area contributed by atoms with E-state index in [1.807, 2.05) is 0 Å². The van der Waals surface area contributed by atoms with Crippen LogP contribution in [0.1, 0.15) is 158 Å². The lowest BCUT2D eigenvalue weighted by Gasteiger charge is -2.13. The topological polar surface area (TPSA) is 263 Å². The second-order valence-corrected chi connectivity index (χ2v) is 14.1. The number of ketones is 7. The van der Waals surface area contributed by atoms with Crippen LogP contribution in [-0.2, 0) is 23.8 Å². The number of hydrogen-bond acceptors (Lipinski definition) is 18. The number of carbonyl (C=O) groups excluding carboxylic acids is 10. The van der Waals surface area contributed by atoms with Crippen molar-refractivity contribution in [2.24, 2.45) is 0 Å². The SMILES string of the molecule is CC1=C(Cl)C(=O)c2cccnc2C1=O.CCOC(=O)CC(C)=O.CCOC(=O)c1c(C)oc2c1C(=O)c1cccnc1C2=O.CCOC(=O)c1c(C)oc2c1C(=O)c1ncccc1C2=O. The molecule has 5 aromatic heterocycles. The van der Waals surface area contributed by atoms with E-state index in [2.05, 4.69) is 19.7 Å². The van der Waals surface area contributed by atoms with E-state index in [4.69, 9.17) is 29.9 Å². The Morgan fingerprint density at radius 1 is 0.554 bits per heavy atom. The standard InChI is InChI=1S/2C15H11NO5.C10H6ClNO2.C6H10O3/c1-3-20-15(19)9-7(2)21-14-10(9)13(18)11-8(12(14)17)5-4-6-16-11;1-3-20-15(19)9-7(2)21-14-10(9)12(17)8-5-4-6-16-11(8)13(14)18;1-5-7(11)10(14)6-3-2-4-12-8(6)9(5)13;1-3-9-6(8)4-5(2)7/h2*4-6H,3H2,1-2H3;2-4H,1H3;3-4H2,1-2H3. The second-order valence-electron chi connectivity index (χ2n) is 13.7. The summed E-state index contributed by atoms with van der Waals surface area (Å²) in [6.45, 7) is 11.6. The van der Waals surface area contributed by atoms with Crippen LogP contribution in [0.3, 0.4) is 0 Å². The van der Waals surface area contributed by atoms with Crippen LogP contribution in [0.5, 0.6) is 0 Å². The van der Waals surface area contributed by atoms with Crippen LogP contribution in [0.25, 0.3) is 0 Å². The van der Waals surface area contributed by atoms with Crippen LogP contribution in [0.4, 0.5) is 0 Å². The molecule has 19 heteroatoms. The van der Waals surface area contributed by atoms with Crippen molar-refractivity contribution in [1.29, 1.82) is 0 Å². The summed E-state index contributed by atoms with van der Waals surface area (Å²) >= 11 is 5.72. The van der Waals surface area contributed by atoms with Gasteiger partial charge in [0.15, 0.2) is 17.3 Å². The van der Waals surface area contributed by atoms with Gasteiger partial charge in [-0.3, -0.25) is 53.3 Å². The van der Waals surface area contributed by atoms with Gasteiger partial charge in [0, 0.05) is 24.2 Å². The number of aromatic nitrogens is 3. The summed E-state index contributed by atoms with van der Waals surface area (Å²) in [5.74, 6) is -4.35. The zero-order valence-electron chi connectivity index (χ0n) is 35.9. The summed E-state index contributed by atoms with van der Waals surface area (Å²) in [5, 5.41) is -0.00417. The molecule has 3 aliphatic carbocycles. The highest BCUT2D eigenvalue weighted by atomic mass is 35.5. The quantitative estimate of drug-likeness (QED) is 0.0955. The molecule has 0 radical (unpaired) electrons. The predicted molar refractivity (Wildman–Crippen MR) is 224 cm³/mol. The van der Waals surface area contributed by atoms with E-state index in [0.29, 0.717) is 6.61 Å². The van der Waals surface area contributed by atoms with Crippen molar-refractivity contribution in [3.8, 4) is 0 Å². The van der Waals surface area contributed by atoms with Crippen molar-refractivity contribution < 1.29 is 71.0 Å². The summed E-state index contributed by atoms with van der Waals surface area (Å²) in [5.41, 5.74) is 1.09. The van der Waals surface area contributed by atoms with Crippen LogP contribution in [0, 0.1) is 13.8 Å². The van der Waals surface area contributed by atoms with Gasteiger partial charge < -0.3 is 23.0 Å². The highest BCUT2D eigenvalue weighted by molar-refractivity contribution is 6.49. The summed E-state index contributed by atoms with van der Waals surface area (Å²) in [4.78, 5) is 129. The number of halogens is 1. The van der Waals surface area contributed by atoms with E-state index in [-0.39, 0.29) is 127 Å². The Labute approximate surface area is 374 Å². The number of Topliss-reactive ketones (excluding diaryl/α,β-unsaturated/α-hetero) is 3. The molecule has 334 valence electrons. The van der Waals surface area contributed by atoms with E-state index in [1.165, 1.54) is 58.4 Å². The molecule has 0 saturated heterocycles. The van der Waals surface area contributed by atoms with Crippen molar-refractivity contribution in [3.63, 3.8) is 0 Å². The van der Waals surface area contributed by atoms with Gasteiger partial charge in [0.05, 0.1) is 52.7 Å². The molecular formula is C46H38ClN3O15. The number of fused-ring (bicyclic) bond motifs is 5. The Balaban J connectivity index is 0.000000170. The minimum atomic E-state index is -0.680. The third kappa shape index (κ3) is 9.72. The number of pyridine rings is 3. The van der Waals surface area contributed by atoms with Crippen LogP contribution in [0.15, 0.2) is 74.4 Å². The maximum absolute atomic E-state index is 12.5. The van der Waals surface area contributed by atoms with Gasteiger partial charge in [0.1, 0.15) is 51.9 Å². The smallest absolute Gasteiger partial charge is 0.342 e. The number of hydrogen-bond donors (Lipinski definition) is 0. The van der Waals surface area contributed by atoms with Gasteiger partial charge in [-0.25, -0.2) is 9.59 Å². The fourth-order valence-corrected chi connectivity index (χ4v) is 6.70. The average molecular weight is 908 g/mol. The van der Waals surface area contributed by atoms with E-state index < -0.39 is 41.0 Å². The number of allylic oxidation sites excluding steroid dienone is 2. The van der Waals surface area contributed by atoms with E-state index in [0.717, 1.165) is 0 Å². The summed E-state index contributed by atoms with van der Waals surface area (Å²) in [6, 6.07) is 9.30. The molecule has 0 saturated carbocycles. The third-order valence-electron chi connectivity index (χ3n) is 9.36. The molecule has 65 heavy (non-hydrogen) atoms. The molecule has 0 aliphatic heterocycles. The Bertz CT molecular complexity index is 2710. The van der Waals surface area contributed by atoms with E-state index >= 15 is 0 Å². The molecule has 5 heterocycles. The summed E-state index contributed by atoms with van der Waals surface area (Å²) < 4.78 is 25.0. The molecule has 5 aromatic rings. The molecule has 0 bridgehead atoms. The molecular weight excluding hydrogens is 870 g/mol. The van der Waals surface area contributed by atoms with Crippen molar-refractivity contribution in [2.75, 3.05) is 19.8 Å². The Hall–Kier alpha value is -7.86. The van der Waals surface area contributed by atoms with Crippen LogP contribution in [0.2, 0.25) is 0 Å². The highest BCUT2D eigenvalue weighted by Crippen LogP contribution is 2.34. The second kappa shape index (κ2) is 20.5. The van der Waals surface area contributed by atoms with Crippen molar-refractivity contribution in [3.05, 3.63) is 145 Å². The molecule has 0 spiro atoms. The number of carbonyl (C=O) groups is 10. The van der Waals surface area contributed by atoms with Crippen LogP contribution >= 0.6 is 11.6 Å². The van der Waals surface area contributed by atoms with Crippen LogP contribution < -0.4 is 0 Å². The summed E-state index contributed by atoms with van der Waals surface area (Å²) in [7, 11) is 0. The van der Waals surface area contributed by atoms with E-state index in [9.17, 15) is 47.9 Å². The normalized spacial score (nSPS) is 12.9. The third-order valence-corrected chi connectivity index (χ3v) is 9.82. The molecule has 18 nitrogen and oxygen atoms in total. The first-order valence-electron chi connectivity index (χ1n) is 19.7. The molecule has 0 atom stereocenters. The Morgan fingerprint density at radius 3 is 1.42 bits per heavy atom. The molecule has 0 aromatic carbocycles. The van der Waals surface area contributed by atoms with Gasteiger partial charge in [-0.05, 0) is 84.9 Å². The fourth-order valence-electron chi connectivity index (χ4n) is 6.51. The maximum atomic E-state index is 12.5. The number of furan rings is 2. The largest absolute Gasteiger partial charge is 0.466 e. The van der Waals surface area contributed by atoms with Gasteiger partial charge in [-0.1, -0.05) is 11.6 Å². The molecule has 0 unspecified atom stereocenters. The fraction of sp³-hybridized carbons (Fsp3) is 0.239. The summed E-state index contributed by atoms with van der Waals surface area (Å²) in [6.07, 6.45) is 4.23. The van der Waals surface area contributed by atoms with Gasteiger partial charge in [0.25, 0.3) is 0 Å². The molecule has 3 aliphatic rings. The van der Waals surface area contributed by atoms with Crippen molar-refractivity contribution in [1.82, 2.24) is 15.0 Å². The number of aryl methyl sites for hydroxylation is 2. The highest BCUT2D eigenvalue weighted by Gasteiger charge is 2.41. The van der Waals surface area contributed by atoms with E-state index in [1.54, 1.807) is 45.0 Å². The van der Waals surface area contributed by atoms with Crippen LogP contribution in [-0.4, -0.2) is 93.2 Å². The van der Waals surface area contributed by atoms with Gasteiger partial charge in [-0.2, -0.15) is 0 Å². The lowest BCUT2D eigenvalue weighted by atomic mass is 9.89. The van der Waals surface area contributed by atoms with Gasteiger partial charge >= 0.3 is 17.9 Å². The minimum Gasteiger partial charge on any atom is -0.466 e. The number of rotatable bonds is 7. The zero-order chi connectivity index (χ0) is 47.9. The first-order chi connectivity index (χ1) is 30.9. The molecule has 0 N–H and O–H groups in total. The first kappa shape index (κ1) is 48.2. The number of nitrogens with zero attached hydrogens (tertiary/aromatic N) is 3. The molecule has 8 rings (SSSR count). The Kier molecular flexibility index (Phi) is 15.2. The molecule has 0 amide bonds. The lowest BCUT2D eigenvalue weighted by Crippen LogP contribution is -2.23. The Morgan fingerprint density at radius 2 is 0.954 bits per heavy atom. The maximum Gasteiger partial charge on any atom is 0.342 e. The minimum absolute atomic E-state index is 0.00139.